The number of para-hydroxylation sites is 2. The highest BCUT2D eigenvalue weighted by Crippen LogP contribution is 2.35. The minimum atomic E-state index is 0.900. The van der Waals surface area contributed by atoms with Crippen molar-refractivity contribution in [3.8, 4) is 39.5 Å². The topological polar surface area (TPSA) is 48.0 Å². The van der Waals surface area contributed by atoms with E-state index in [-0.39, 0.29) is 0 Å². The predicted octanol–water partition coefficient (Wildman–Crippen LogP) is 9.81. The molecule has 8 rings (SSSR count). The summed E-state index contributed by atoms with van der Waals surface area (Å²) in [6, 6.07) is 42.0. The lowest BCUT2D eigenvalue weighted by atomic mass is 9.99. The fourth-order valence-corrected chi connectivity index (χ4v) is 6.01. The molecule has 5 nitrogen and oxygen atoms in total. The molecule has 0 radical (unpaired) electrons. The third kappa shape index (κ3) is 4.71. The average molecular weight is 580 g/mol. The molecule has 0 unspecified atom stereocenters. The van der Waals surface area contributed by atoms with Crippen LogP contribution in [-0.4, -0.2) is 23.9 Å². The van der Waals surface area contributed by atoms with Crippen molar-refractivity contribution in [3.05, 3.63) is 158 Å². The van der Waals surface area contributed by atoms with Gasteiger partial charge >= 0.3 is 0 Å². The molecule has 4 aromatic carbocycles. The van der Waals surface area contributed by atoms with E-state index in [1.807, 2.05) is 67.7 Å². The molecule has 214 valence electrons. The number of rotatable bonds is 6. The summed E-state index contributed by atoms with van der Waals surface area (Å²) in [5, 5.41) is 1.06. The minimum Gasteiger partial charge on any atom is -0.298 e. The largest absolute Gasteiger partial charge is 0.298 e. The Morgan fingerprint density at radius 1 is 0.644 bits per heavy atom. The maximum atomic E-state index is 5.17. The Bertz CT molecular complexity index is 2370. The van der Waals surface area contributed by atoms with Crippen LogP contribution in [0.2, 0.25) is 0 Å². The molecule has 0 aliphatic rings. The molecule has 0 atom stereocenters. The molecule has 45 heavy (non-hydrogen) atoms. The first-order chi connectivity index (χ1) is 22.3. The molecule has 4 heterocycles. The van der Waals surface area contributed by atoms with Crippen molar-refractivity contribution in [2.75, 3.05) is 0 Å². The van der Waals surface area contributed by atoms with Crippen molar-refractivity contribution in [2.24, 2.45) is 0 Å². The molecule has 0 bridgehead atoms. The Balaban J connectivity index is 1.21. The van der Waals surface area contributed by atoms with Crippen molar-refractivity contribution < 1.29 is 0 Å². The summed E-state index contributed by atoms with van der Waals surface area (Å²) in [6.45, 7) is 2.01. The summed E-state index contributed by atoms with van der Waals surface area (Å²) in [5.74, 6) is 0.900. The second-order valence-corrected chi connectivity index (χ2v) is 10.9. The van der Waals surface area contributed by atoms with Crippen LogP contribution in [0.25, 0.3) is 73.1 Å². The van der Waals surface area contributed by atoms with Crippen LogP contribution in [0, 0.1) is 0 Å². The summed E-state index contributed by atoms with van der Waals surface area (Å²) < 4.78 is 4.34. The first-order valence-electron chi connectivity index (χ1n) is 15.1. The van der Waals surface area contributed by atoms with Crippen molar-refractivity contribution >= 4 is 33.7 Å². The maximum Gasteiger partial charge on any atom is 0.144 e. The van der Waals surface area contributed by atoms with Gasteiger partial charge in [0.15, 0.2) is 0 Å². The van der Waals surface area contributed by atoms with Crippen LogP contribution in [0.3, 0.4) is 0 Å². The zero-order valence-corrected chi connectivity index (χ0v) is 24.7. The van der Waals surface area contributed by atoms with Crippen LogP contribution >= 0.6 is 0 Å². The molecule has 4 aromatic heterocycles. The SMILES string of the molecule is C/C=C\C=C/c1cnc(-c2ccc(-c3cccc(-c4nc5ccccc5c5nc6ccccn6c45)c3)cc2)n1-c1ccccc1. The van der Waals surface area contributed by atoms with Gasteiger partial charge in [0.05, 0.1) is 28.6 Å². The summed E-state index contributed by atoms with van der Waals surface area (Å²) in [5.41, 5.74) is 11.2. The zero-order chi connectivity index (χ0) is 30.2. The highest BCUT2D eigenvalue weighted by atomic mass is 15.1. The molecular weight excluding hydrogens is 550 g/mol. The van der Waals surface area contributed by atoms with Gasteiger partial charge in [-0.25, -0.2) is 15.0 Å². The third-order valence-electron chi connectivity index (χ3n) is 8.13. The fraction of sp³-hybridized carbons (Fsp3) is 0.0250. The van der Waals surface area contributed by atoms with E-state index in [0.717, 1.165) is 72.7 Å². The number of allylic oxidation sites excluding steroid dienone is 3. The monoisotopic (exact) mass is 579 g/mol. The van der Waals surface area contributed by atoms with Gasteiger partial charge in [0.1, 0.15) is 17.0 Å². The van der Waals surface area contributed by atoms with E-state index in [4.69, 9.17) is 15.0 Å². The van der Waals surface area contributed by atoms with E-state index in [1.165, 1.54) is 0 Å². The summed E-state index contributed by atoms with van der Waals surface area (Å²) in [6.07, 6.45) is 12.2. The summed E-state index contributed by atoms with van der Waals surface area (Å²) in [7, 11) is 0. The van der Waals surface area contributed by atoms with E-state index in [1.54, 1.807) is 0 Å². The van der Waals surface area contributed by atoms with Gasteiger partial charge in [0.2, 0.25) is 0 Å². The Morgan fingerprint density at radius 2 is 1.42 bits per heavy atom. The van der Waals surface area contributed by atoms with E-state index in [9.17, 15) is 0 Å². The molecule has 0 aliphatic heterocycles. The molecule has 0 saturated heterocycles. The fourth-order valence-electron chi connectivity index (χ4n) is 6.01. The number of imidazole rings is 2. The van der Waals surface area contributed by atoms with Crippen LogP contribution in [0.1, 0.15) is 12.6 Å². The van der Waals surface area contributed by atoms with Crippen LogP contribution in [0.4, 0.5) is 0 Å². The van der Waals surface area contributed by atoms with Crippen molar-refractivity contribution in [3.63, 3.8) is 0 Å². The second-order valence-electron chi connectivity index (χ2n) is 10.9. The Morgan fingerprint density at radius 3 is 2.29 bits per heavy atom. The number of benzene rings is 4. The molecule has 8 aromatic rings. The number of nitrogens with zero attached hydrogens (tertiary/aromatic N) is 5. The van der Waals surface area contributed by atoms with Gasteiger partial charge in [-0.15, -0.1) is 0 Å². The molecule has 0 N–H and O–H groups in total. The van der Waals surface area contributed by atoms with Crippen LogP contribution < -0.4 is 0 Å². The van der Waals surface area contributed by atoms with Gasteiger partial charge in [-0.05, 0) is 60.5 Å². The first-order valence-corrected chi connectivity index (χ1v) is 15.1. The van der Waals surface area contributed by atoms with Gasteiger partial charge < -0.3 is 0 Å². The van der Waals surface area contributed by atoms with E-state index >= 15 is 0 Å². The molecule has 0 saturated carbocycles. The number of hydrogen-bond acceptors (Lipinski definition) is 3. The average Bonchev–Trinajstić information content (AvgIpc) is 3.71. The molecule has 0 fully saturated rings. The van der Waals surface area contributed by atoms with Crippen molar-refractivity contribution in [2.45, 2.75) is 6.92 Å². The standard InChI is InChI=1S/C40H29N5/c1-2-3-5-17-33-27-41-40(45(33)32-15-6-4-7-16-32)29-23-21-28(22-24-29)30-13-12-14-31(26-30)37-39-38(34-18-8-9-19-35(34)42-37)43-36-20-10-11-25-44(36)39/h2-27H,1H3/b3-2-,17-5-. The minimum absolute atomic E-state index is 0.900. The lowest BCUT2D eigenvalue weighted by Crippen LogP contribution is -1.99. The molecule has 0 amide bonds. The lowest BCUT2D eigenvalue weighted by Gasteiger charge is -2.12. The highest BCUT2D eigenvalue weighted by Gasteiger charge is 2.17. The first kappa shape index (κ1) is 26.5. The highest BCUT2D eigenvalue weighted by molar-refractivity contribution is 6.09. The quantitative estimate of drug-likeness (QED) is 0.184. The normalized spacial score (nSPS) is 11.9. The van der Waals surface area contributed by atoms with Crippen molar-refractivity contribution in [1.29, 1.82) is 0 Å². The van der Waals surface area contributed by atoms with Gasteiger partial charge in [0, 0.05) is 28.4 Å². The van der Waals surface area contributed by atoms with Crippen molar-refractivity contribution in [1.82, 2.24) is 23.9 Å². The van der Waals surface area contributed by atoms with Gasteiger partial charge in [-0.1, -0.05) is 103 Å². The maximum absolute atomic E-state index is 5.17. The second kappa shape index (κ2) is 11.2. The van der Waals surface area contributed by atoms with Gasteiger partial charge in [0.25, 0.3) is 0 Å². The van der Waals surface area contributed by atoms with Crippen LogP contribution in [-0.2, 0) is 0 Å². The van der Waals surface area contributed by atoms with E-state index < -0.39 is 0 Å². The Kier molecular flexibility index (Phi) is 6.61. The Labute approximate surface area is 261 Å². The Hall–Kier alpha value is -6.07. The predicted molar refractivity (Wildman–Crippen MR) is 185 cm³/mol. The molecular formula is C40H29N5. The van der Waals surface area contributed by atoms with E-state index in [0.29, 0.717) is 0 Å². The van der Waals surface area contributed by atoms with Crippen LogP contribution in [0.15, 0.2) is 152 Å². The smallest absolute Gasteiger partial charge is 0.144 e. The van der Waals surface area contributed by atoms with Crippen LogP contribution in [0.5, 0.6) is 0 Å². The summed E-state index contributed by atoms with van der Waals surface area (Å²) in [4.78, 5) is 15.0. The number of pyridine rings is 2. The number of aromatic nitrogens is 5. The zero-order valence-electron chi connectivity index (χ0n) is 24.7. The molecule has 0 spiro atoms. The number of hydrogen-bond donors (Lipinski definition) is 0. The van der Waals surface area contributed by atoms with E-state index in [2.05, 4.69) is 106 Å². The van der Waals surface area contributed by atoms with Gasteiger partial charge in [-0.2, -0.15) is 0 Å². The van der Waals surface area contributed by atoms with Gasteiger partial charge in [-0.3, -0.25) is 8.97 Å². The molecule has 5 heteroatoms. The molecule has 0 aliphatic carbocycles. The third-order valence-corrected chi connectivity index (χ3v) is 8.13. The lowest BCUT2D eigenvalue weighted by molar-refractivity contribution is 1.05. The summed E-state index contributed by atoms with van der Waals surface area (Å²) >= 11 is 0. The number of fused-ring (bicyclic) bond motifs is 5.